The Kier molecular flexibility index (Phi) is 5.60. The van der Waals surface area contributed by atoms with Gasteiger partial charge in [-0.05, 0) is 23.5 Å². The van der Waals surface area contributed by atoms with E-state index in [1.165, 1.54) is 0 Å². The molecular weight excluding hydrogens is 276 g/mol. The van der Waals surface area contributed by atoms with Crippen LogP contribution in [0.2, 0.25) is 0 Å². The van der Waals surface area contributed by atoms with Gasteiger partial charge in [-0.3, -0.25) is 9.59 Å². The van der Waals surface area contributed by atoms with E-state index < -0.39 is 0 Å². The zero-order chi connectivity index (χ0) is 15.9. The van der Waals surface area contributed by atoms with Gasteiger partial charge < -0.3 is 10.2 Å². The normalized spacial score (nSPS) is 14.0. The molecule has 4 nitrogen and oxygen atoms in total. The van der Waals surface area contributed by atoms with Gasteiger partial charge in [0.15, 0.2) is 0 Å². The van der Waals surface area contributed by atoms with Crippen molar-refractivity contribution in [3.8, 4) is 11.8 Å². The molecule has 2 rings (SSSR count). The highest BCUT2D eigenvalue weighted by Gasteiger charge is 2.19. The van der Waals surface area contributed by atoms with Crippen LogP contribution < -0.4 is 5.32 Å². The Hall–Kier alpha value is -2.28. The monoisotopic (exact) mass is 298 g/mol. The average Bonchev–Trinajstić information content (AvgIpc) is 2.88. The van der Waals surface area contributed by atoms with Gasteiger partial charge in [0.05, 0.1) is 0 Å². The molecule has 116 valence electrons. The average molecular weight is 298 g/mol. The molecule has 0 aromatic heterocycles. The van der Waals surface area contributed by atoms with E-state index in [1.807, 2.05) is 43.0 Å². The molecule has 2 amide bonds. The molecule has 22 heavy (non-hydrogen) atoms. The van der Waals surface area contributed by atoms with E-state index in [9.17, 15) is 9.59 Å². The first-order valence-electron chi connectivity index (χ1n) is 7.69. The molecular formula is C18H22N2O2. The fraction of sp³-hybridized carbons (Fsp3) is 0.444. The van der Waals surface area contributed by atoms with Crippen molar-refractivity contribution >= 4 is 11.8 Å². The zero-order valence-electron chi connectivity index (χ0n) is 13.2. The van der Waals surface area contributed by atoms with Crippen molar-refractivity contribution in [2.45, 2.75) is 39.8 Å². The fourth-order valence-corrected chi connectivity index (χ4v) is 2.37. The predicted octanol–water partition coefficient (Wildman–Crippen LogP) is 2.08. The van der Waals surface area contributed by atoms with Crippen molar-refractivity contribution in [1.29, 1.82) is 0 Å². The Labute approximate surface area is 131 Å². The van der Waals surface area contributed by atoms with Gasteiger partial charge in [0.1, 0.15) is 0 Å². The molecule has 0 radical (unpaired) electrons. The second-order valence-corrected chi connectivity index (χ2v) is 5.85. The highest BCUT2D eigenvalue weighted by atomic mass is 16.2. The maximum Gasteiger partial charge on any atom is 0.296 e. The number of rotatable bonds is 4. The number of carbonyl (C=O) groups is 2. The topological polar surface area (TPSA) is 49.4 Å². The molecule has 1 N–H and O–H groups in total. The van der Waals surface area contributed by atoms with E-state index in [1.54, 1.807) is 0 Å². The number of hydrogen-bond donors (Lipinski definition) is 1. The van der Waals surface area contributed by atoms with Crippen LogP contribution in [-0.2, 0) is 22.7 Å². The lowest BCUT2D eigenvalue weighted by atomic mass is 10.1. The lowest BCUT2D eigenvalue weighted by Gasteiger charge is -2.16. The van der Waals surface area contributed by atoms with E-state index in [4.69, 9.17) is 0 Å². The summed E-state index contributed by atoms with van der Waals surface area (Å²) in [4.78, 5) is 25.1. The molecule has 1 fully saturated rings. The molecule has 1 aromatic carbocycles. The summed E-state index contributed by atoms with van der Waals surface area (Å²) < 4.78 is 0. The first kappa shape index (κ1) is 16.1. The van der Waals surface area contributed by atoms with Gasteiger partial charge in [-0.15, -0.1) is 0 Å². The van der Waals surface area contributed by atoms with Crippen LogP contribution >= 0.6 is 0 Å². The standard InChI is InChI=1S/C18H22N2O2/c1-14(2)8-9-17(21)19-12-15-5-3-6-16(11-15)13-20-10-4-7-18(20)22/h3,5-6,11,14H,4,7,10,12-13H2,1-2H3,(H,19,21). The van der Waals surface area contributed by atoms with Crippen LogP contribution in [0.3, 0.4) is 0 Å². The quantitative estimate of drug-likeness (QED) is 0.865. The highest BCUT2D eigenvalue weighted by Crippen LogP contribution is 2.15. The number of hydrogen-bond acceptors (Lipinski definition) is 2. The number of carbonyl (C=O) groups excluding carboxylic acids is 2. The van der Waals surface area contributed by atoms with E-state index in [-0.39, 0.29) is 17.7 Å². The molecule has 0 aliphatic carbocycles. The number of amides is 2. The van der Waals surface area contributed by atoms with Crippen LogP contribution in [-0.4, -0.2) is 23.3 Å². The van der Waals surface area contributed by atoms with Crippen molar-refractivity contribution in [2.75, 3.05) is 6.54 Å². The Balaban J connectivity index is 1.90. The molecule has 0 saturated carbocycles. The maximum absolute atomic E-state index is 11.7. The van der Waals surface area contributed by atoms with E-state index in [0.717, 1.165) is 24.1 Å². The number of nitrogens with one attached hydrogen (secondary N) is 1. The van der Waals surface area contributed by atoms with Crippen LogP contribution in [0.25, 0.3) is 0 Å². The van der Waals surface area contributed by atoms with Crippen LogP contribution in [0.1, 0.15) is 37.8 Å². The summed E-state index contributed by atoms with van der Waals surface area (Å²) in [7, 11) is 0. The van der Waals surface area contributed by atoms with Crippen LogP contribution in [0.5, 0.6) is 0 Å². The summed E-state index contributed by atoms with van der Waals surface area (Å²) in [5, 5.41) is 2.79. The van der Waals surface area contributed by atoms with Gasteiger partial charge in [-0.25, -0.2) is 0 Å². The summed E-state index contributed by atoms with van der Waals surface area (Å²) in [6, 6.07) is 7.96. The SMILES string of the molecule is CC(C)C#CC(=O)NCc1cccc(CN2CCCC2=O)c1. The lowest BCUT2D eigenvalue weighted by Crippen LogP contribution is -2.24. The number of benzene rings is 1. The lowest BCUT2D eigenvalue weighted by molar-refractivity contribution is -0.128. The summed E-state index contributed by atoms with van der Waals surface area (Å²) in [6.45, 7) is 5.83. The molecule has 1 heterocycles. The minimum atomic E-state index is -0.256. The van der Waals surface area contributed by atoms with Gasteiger partial charge in [0, 0.05) is 32.0 Å². The Morgan fingerprint density at radius 2 is 2.14 bits per heavy atom. The summed E-state index contributed by atoms with van der Waals surface area (Å²) in [6.07, 6.45) is 1.60. The van der Waals surface area contributed by atoms with Gasteiger partial charge in [-0.1, -0.05) is 44.0 Å². The first-order valence-corrected chi connectivity index (χ1v) is 7.69. The molecule has 4 heteroatoms. The van der Waals surface area contributed by atoms with Gasteiger partial charge in [0.2, 0.25) is 5.91 Å². The predicted molar refractivity (Wildman–Crippen MR) is 85.6 cm³/mol. The third-order valence-electron chi connectivity index (χ3n) is 3.46. The van der Waals surface area contributed by atoms with E-state index in [2.05, 4.69) is 17.2 Å². The minimum Gasteiger partial charge on any atom is -0.341 e. The van der Waals surface area contributed by atoms with E-state index >= 15 is 0 Å². The second kappa shape index (κ2) is 7.65. The fourth-order valence-electron chi connectivity index (χ4n) is 2.37. The molecule has 1 aromatic rings. The molecule has 0 atom stereocenters. The van der Waals surface area contributed by atoms with Gasteiger partial charge >= 0.3 is 0 Å². The van der Waals surface area contributed by atoms with Crippen LogP contribution in [0.4, 0.5) is 0 Å². The summed E-state index contributed by atoms with van der Waals surface area (Å²) in [5.41, 5.74) is 2.11. The Morgan fingerprint density at radius 1 is 1.36 bits per heavy atom. The molecule has 0 bridgehead atoms. The van der Waals surface area contributed by atoms with E-state index in [0.29, 0.717) is 19.5 Å². The van der Waals surface area contributed by atoms with Crippen molar-refractivity contribution in [2.24, 2.45) is 5.92 Å². The Morgan fingerprint density at radius 3 is 2.82 bits per heavy atom. The summed E-state index contributed by atoms with van der Waals surface area (Å²) >= 11 is 0. The zero-order valence-corrected chi connectivity index (χ0v) is 13.2. The van der Waals surface area contributed by atoms with Crippen LogP contribution in [0.15, 0.2) is 24.3 Å². The minimum absolute atomic E-state index is 0.187. The molecule has 1 aliphatic rings. The number of nitrogens with zero attached hydrogens (tertiary/aromatic N) is 1. The second-order valence-electron chi connectivity index (χ2n) is 5.85. The third-order valence-corrected chi connectivity index (χ3v) is 3.46. The molecule has 1 saturated heterocycles. The molecule has 1 aliphatic heterocycles. The molecule has 0 spiro atoms. The summed E-state index contributed by atoms with van der Waals surface area (Å²) in [5.74, 6) is 5.57. The number of likely N-dealkylation sites (tertiary alicyclic amines) is 1. The third kappa shape index (κ3) is 4.92. The van der Waals surface area contributed by atoms with Crippen molar-refractivity contribution < 1.29 is 9.59 Å². The molecule has 0 unspecified atom stereocenters. The maximum atomic E-state index is 11.7. The van der Waals surface area contributed by atoms with Gasteiger partial charge in [0.25, 0.3) is 5.91 Å². The van der Waals surface area contributed by atoms with Gasteiger partial charge in [-0.2, -0.15) is 0 Å². The van der Waals surface area contributed by atoms with Crippen molar-refractivity contribution in [3.63, 3.8) is 0 Å². The highest BCUT2D eigenvalue weighted by molar-refractivity contribution is 5.93. The Bertz CT molecular complexity index is 611. The van der Waals surface area contributed by atoms with Crippen molar-refractivity contribution in [1.82, 2.24) is 10.2 Å². The largest absolute Gasteiger partial charge is 0.341 e. The van der Waals surface area contributed by atoms with Crippen LogP contribution in [0, 0.1) is 17.8 Å². The first-order chi connectivity index (χ1) is 10.5. The van der Waals surface area contributed by atoms with Crippen molar-refractivity contribution in [3.05, 3.63) is 35.4 Å². The smallest absolute Gasteiger partial charge is 0.296 e.